The lowest BCUT2D eigenvalue weighted by molar-refractivity contribution is -0.0668. The molecule has 0 fully saturated rings. The number of ether oxygens (including phenoxy) is 2. The molecule has 4 nitrogen and oxygen atoms in total. The summed E-state index contributed by atoms with van der Waals surface area (Å²) in [5.74, 6) is 1.02. The fourth-order valence-electron chi connectivity index (χ4n) is 2.61. The zero-order valence-electron chi connectivity index (χ0n) is 14.7. The highest BCUT2D eigenvalue weighted by atomic mass is 16.5. The third-order valence-corrected chi connectivity index (χ3v) is 2.96. The van der Waals surface area contributed by atoms with Gasteiger partial charge in [0.25, 0.3) is 0 Å². The predicted octanol–water partition coefficient (Wildman–Crippen LogP) is 5.04. The van der Waals surface area contributed by atoms with Crippen LogP contribution in [-0.4, -0.2) is 24.7 Å². The Bertz CT molecular complexity index is 264. The molecule has 120 valence electrons. The molecule has 0 spiro atoms. The van der Waals surface area contributed by atoms with E-state index in [9.17, 15) is 0 Å². The van der Waals surface area contributed by atoms with Crippen molar-refractivity contribution in [1.82, 2.24) is 0 Å². The van der Waals surface area contributed by atoms with Crippen LogP contribution in [0.2, 0.25) is 0 Å². The monoisotopic (exact) mass is 286 g/mol. The zero-order valence-corrected chi connectivity index (χ0v) is 14.7. The van der Waals surface area contributed by atoms with Gasteiger partial charge in [-0.05, 0) is 39.5 Å². The molecule has 0 aliphatic heterocycles. The molecule has 0 heterocycles. The van der Waals surface area contributed by atoms with E-state index in [-0.39, 0.29) is 0 Å². The average Bonchev–Trinajstić information content (AvgIpc) is 2.25. The van der Waals surface area contributed by atoms with Crippen molar-refractivity contribution in [3.05, 3.63) is 0 Å². The molecule has 0 aromatic rings. The molecule has 0 aliphatic rings. The van der Waals surface area contributed by atoms with Crippen LogP contribution < -0.4 is 0 Å². The molecule has 0 aromatic carbocycles. The van der Waals surface area contributed by atoms with Crippen LogP contribution in [0.1, 0.15) is 68.2 Å². The molecule has 0 aliphatic carbocycles. The smallest absolute Gasteiger partial charge is 0.176 e. The minimum atomic E-state index is -0.557. The van der Waals surface area contributed by atoms with Gasteiger partial charge in [0.2, 0.25) is 0 Å². The van der Waals surface area contributed by atoms with E-state index in [1.54, 1.807) is 0 Å². The van der Waals surface area contributed by atoms with Gasteiger partial charge >= 0.3 is 0 Å². The zero-order chi connectivity index (χ0) is 15.8. The Morgan fingerprint density at radius 2 is 1.05 bits per heavy atom. The Hall–Kier alpha value is -0.480. The first-order valence-corrected chi connectivity index (χ1v) is 7.88. The second kappa shape index (κ2) is 8.73. The summed E-state index contributed by atoms with van der Waals surface area (Å²) in [6.07, 6.45) is 1.71. The highest BCUT2D eigenvalue weighted by Crippen LogP contribution is 2.28. The second-order valence-corrected chi connectivity index (χ2v) is 6.61. The van der Waals surface area contributed by atoms with Gasteiger partial charge in [-0.15, -0.1) is 0 Å². The van der Waals surface area contributed by atoms with E-state index in [1.165, 1.54) is 0 Å². The van der Waals surface area contributed by atoms with Crippen LogP contribution in [0.15, 0.2) is 10.2 Å². The molecule has 0 N–H and O–H groups in total. The fourth-order valence-corrected chi connectivity index (χ4v) is 2.61. The summed E-state index contributed by atoms with van der Waals surface area (Å²) >= 11 is 0. The maximum atomic E-state index is 5.80. The Balaban J connectivity index is 5.02. The average molecular weight is 286 g/mol. The van der Waals surface area contributed by atoms with Crippen LogP contribution in [0, 0.1) is 11.8 Å². The van der Waals surface area contributed by atoms with Crippen LogP contribution in [0.4, 0.5) is 0 Å². The highest BCUT2D eigenvalue weighted by molar-refractivity contribution is 4.77. The lowest BCUT2D eigenvalue weighted by Gasteiger charge is -2.30. The van der Waals surface area contributed by atoms with Gasteiger partial charge in [0.15, 0.2) is 11.4 Å². The van der Waals surface area contributed by atoms with Crippen molar-refractivity contribution >= 4 is 0 Å². The van der Waals surface area contributed by atoms with Crippen molar-refractivity contribution < 1.29 is 9.47 Å². The lowest BCUT2D eigenvalue weighted by Crippen LogP contribution is -2.32. The third-order valence-electron chi connectivity index (χ3n) is 2.96. The van der Waals surface area contributed by atoms with Gasteiger partial charge in [-0.3, -0.25) is 0 Å². The van der Waals surface area contributed by atoms with E-state index in [2.05, 4.69) is 37.9 Å². The van der Waals surface area contributed by atoms with E-state index in [1.807, 2.05) is 27.7 Å². The van der Waals surface area contributed by atoms with Gasteiger partial charge in [0.05, 0.1) is 0 Å². The molecule has 0 saturated carbocycles. The molecule has 2 atom stereocenters. The summed E-state index contributed by atoms with van der Waals surface area (Å²) in [7, 11) is 0. The van der Waals surface area contributed by atoms with Crippen LogP contribution in [0.3, 0.4) is 0 Å². The summed E-state index contributed by atoms with van der Waals surface area (Å²) in [4.78, 5) is 0. The number of nitrogens with zero attached hydrogens (tertiary/aromatic N) is 2. The molecular formula is C16H34N2O2. The van der Waals surface area contributed by atoms with Crippen LogP contribution in [0.25, 0.3) is 0 Å². The molecule has 0 saturated heterocycles. The van der Waals surface area contributed by atoms with E-state index in [0.717, 1.165) is 12.8 Å². The SMILES string of the molecule is CCOC(C)(CC(C)C)N=NC(C)(CC(C)C)OCC. The number of azo groups is 1. The summed E-state index contributed by atoms with van der Waals surface area (Å²) in [5, 5.41) is 9.01. The molecular weight excluding hydrogens is 252 g/mol. The fraction of sp³-hybridized carbons (Fsp3) is 1.00. The highest BCUT2D eigenvalue weighted by Gasteiger charge is 2.30. The van der Waals surface area contributed by atoms with Gasteiger partial charge in [-0.25, -0.2) is 0 Å². The van der Waals surface area contributed by atoms with Crippen molar-refractivity contribution in [2.75, 3.05) is 13.2 Å². The molecule has 0 radical (unpaired) electrons. The number of rotatable bonds is 10. The van der Waals surface area contributed by atoms with Crippen molar-refractivity contribution in [2.45, 2.75) is 79.7 Å². The molecule has 2 unspecified atom stereocenters. The Labute approximate surface area is 125 Å². The molecule has 0 bridgehead atoms. The maximum Gasteiger partial charge on any atom is 0.176 e. The Morgan fingerprint density at radius 3 is 1.25 bits per heavy atom. The van der Waals surface area contributed by atoms with Crippen LogP contribution >= 0.6 is 0 Å². The Morgan fingerprint density at radius 1 is 0.750 bits per heavy atom. The van der Waals surface area contributed by atoms with Gasteiger partial charge < -0.3 is 9.47 Å². The molecule has 0 aromatic heterocycles. The summed E-state index contributed by atoms with van der Waals surface area (Å²) in [5.41, 5.74) is -1.11. The van der Waals surface area contributed by atoms with E-state index >= 15 is 0 Å². The molecule has 4 heteroatoms. The molecule has 20 heavy (non-hydrogen) atoms. The summed E-state index contributed by atoms with van der Waals surface area (Å²) in [6.45, 7) is 17.9. The van der Waals surface area contributed by atoms with Crippen molar-refractivity contribution in [3.8, 4) is 0 Å². The minimum Gasteiger partial charge on any atom is -0.353 e. The third kappa shape index (κ3) is 7.95. The lowest BCUT2D eigenvalue weighted by atomic mass is 10.0. The second-order valence-electron chi connectivity index (χ2n) is 6.61. The van der Waals surface area contributed by atoms with Gasteiger partial charge in [-0.1, -0.05) is 27.7 Å². The Kier molecular flexibility index (Phi) is 8.52. The van der Waals surface area contributed by atoms with Crippen molar-refractivity contribution in [1.29, 1.82) is 0 Å². The van der Waals surface area contributed by atoms with E-state index in [4.69, 9.17) is 9.47 Å². The standard InChI is InChI=1S/C16H34N2O2/c1-9-19-15(7,11-13(3)4)17-18-16(8,20-10-2)12-14(5)6/h13-14H,9-12H2,1-8H3. The first-order chi connectivity index (χ1) is 9.16. The normalized spacial score (nSPS) is 18.7. The first-order valence-electron chi connectivity index (χ1n) is 7.88. The molecule has 0 rings (SSSR count). The quantitative estimate of drug-likeness (QED) is 0.528. The summed E-state index contributed by atoms with van der Waals surface area (Å²) in [6, 6.07) is 0. The number of hydrogen-bond acceptors (Lipinski definition) is 4. The van der Waals surface area contributed by atoms with Crippen LogP contribution in [-0.2, 0) is 9.47 Å². The first kappa shape index (κ1) is 19.5. The van der Waals surface area contributed by atoms with E-state index < -0.39 is 11.4 Å². The van der Waals surface area contributed by atoms with Gasteiger partial charge in [-0.2, -0.15) is 10.2 Å². The maximum absolute atomic E-state index is 5.80. The summed E-state index contributed by atoms with van der Waals surface area (Å²) < 4.78 is 11.6. The van der Waals surface area contributed by atoms with E-state index in [0.29, 0.717) is 25.0 Å². The predicted molar refractivity (Wildman–Crippen MR) is 83.8 cm³/mol. The number of hydrogen-bond donors (Lipinski definition) is 0. The topological polar surface area (TPSA) is 43.2 Å². The van der Waals surface area contributed by atoms with Gasteiger partial charge in [0.1, 0.15) is 0 Å². The van der Waals surface area contributed by atoms with Crippen molar-refractivity contribution in [2.24, 2.45) is 22.1 Å². The molecule has 0 amide bonds. The largest absolute Gasteiger partial charge is 0.353 e. The van der Waals surface area contributed by atoms with Crippen molar-refractivity contribution in [3.63, 3.8) is 0 Å². The van der Waals surface area contributed by atoms with Crippen LogP contribution in [0.5, 0.6) is 0 Å². The minimum absolute atomic E-state index is 0.508. The van der Waals surface area contributed by atoms with Gasteiger partial charge in [0, 0.05) is 26.1 Å².